The minimum Gasteiger partial charge on any atom is -0.460 e. The SMILES string of the molecule is Cc1ccc(Nc2ncnc3ccc(-c4ccc(CNCCS(C)=O)o4)cc23)cc1Cl. The van der Waals surface area contributed by atoms with Gasteiger partial charge in [-0.15, -0.1) is 0 Å². The lowest BCUT2D eigenvalue weighted by Crippen LogP contribution is -2.19. The van der Waals surface area contributed by atoms with Crippen LogP contribution in [0.2, 0.25) is 5.02 Å². The summed E-state index contributed by atoms with van der Waals surface area (Å²) >= 11 is 6.26. The number of aryl methyl sites for hydroxylation is 1. The molecule has 6 nitrogen and oxygen atoms in total. The third-order valence-electron chi connectivity index (χ3n) is 4.88. The second-order valence-corrected chi connectivity index (χ2v) is 9.23. The second-order valence-electron chi connectivity index (χ2n) is 7.26. The van der Waals surface area contributed by atoms with E-state index in [-0.39, 0.29) is 0 Å². The lowest BCUT2D eigenvalue weighted by atomic mass is 10.1. The molecule has 2 aromatic heterocycles. The number of benzene rings is 2. The van der Waals surface area contributed by atoms with Crippen molar-refractivity contribution in [1.82, 2.24) is 15.3 Å². The highest BCUT2D eigenvalue weighted by atomic mass is 35.5. The van der Waals surface area contributed by atoms with Gasteiger partial charge in [-0.1, -0.05) is 17.7 Å². The first kappa shape index (κ1) is 21.5. The summed E-state index contributed by atoms with van der Waals surface area (Å²) < 4.78 is 17.1. The maximum Gasteiger partial charge on any atom is 0.141 e. The average Bonchev–Trinajstić information content (AvgIpc) is 3.23. The monoisotopic (exact) mass is 454 g/mol. The van der Waals surface area contributed by atoms with E-state index < -0.39 is 10.8 Å². The van der Waals surface area contributed by atoms with E-state index in [1.165, 1.54) is 0 Å². The molecule has 160 valence electrons. The van der Waals surface area contributed by atoms with E-state index >= 15 is 0 Å². The zero-order chi connectivity index (χ0) is 21.8. The van der Waals surface area contributed by atoms with Crippen molar-refractivity contribution in [3.8, 4) is 11.3 Å². The lowest BCUT2D eigenvalue weighted by Gasteiger charge is -2.10. The first-order valence-corrected chi connectivity index (χ1v) is 12.0. The number of halogens is 1. The standard InChI is InChI=1S/C23H23ClN4O2S/c1-15-3-5-17(12-20(15)24)28-23-19-11-16(4-7-21(19)26-14-27-23)22-8-6-18(30-22)13-25-9-10-31(2)29/h3-8,11-12,14,25H,9-10,13H2,1-2H3,(H,26,27,28). The highest BCUT2D eigenvalue weighted by Crippen LogP contribution is 2.30. The Bertz CT molecular complexity index is 1240. The minimum absolute atomic E-state index is 0.592. The van der Waals surface area contributed by atoms with Gasteiger partial charge in [-0.3, -0.25) is 4.21 Å². The molecular formula is C23H23ClN4O2S. The van der Waals surface area contributed by atoms with Crippen LogP contribution in [0, 0.1) is 6.92 Å². The molecule has 1 atom stereocenters. The molecule has 0 spiro atoms. The molecule has 4 aromatic rings. The van der Waals surface area contributed by atoms with Crippen LogP contribution in [-0.2, 0) is 17.3 Å². The fourth-order valence-electron chi connectivity index (χ4n) is 3.17. The lowest BCUT2D eigenvalue weighted by molar-refractivity contribution is 0.499. The zero-order valence-corrected chi connectivity index (χ0v) is 18.9. The van der Waals surface area contributed by atoms with Crippen LogP contribution in [-0.4, -0.2) is 32.7 Å². The third kappa shape index (κ3) is 5.31. The predicted octanol–water partition coefficient (Wildman–Crippen LogP) is 5.06. The Morgan fingerprint density at radius 1 is 1.10 bits per heavy atom. The van der Waals surface area contributed by atoms with Crippen LogP contribution in [0.3, 0.4) is 0 Å². The van der Waals surface area contributed by atoms with Crippen molar-refractivity contribution >= 4 is 44.8 Å². The first-order chi connectivity index (χ1) is 15.0. The summed E-state index contributed by atoms with van der Waals surface area (Å²) in [4.78, 5) is 8.80. The van der Waals surface area contributed by atoms with Crippen molar-refractivity contribution in [3.05, 3.63) is 71.2 Å². The largest absolute Gasteiger partial charge is 0.460 e. The molecule has 0 saturated heterocycles. The van der Waals surface area contributed by atoms with Crippen LogP contribution in [0.25, 0.3) is 22.2 Å². The number of nitrogens with zero attached hydrogens (tertiary/aromatic N) is 2. The van der Waals surface area contributed by atoms with E-state index in [0.29, 0.717) is 29.7 Å². The molecule has 2 heterocycles. The molecule has 0 saturated carbocycles. The molecule has 1 unspecified atom stereocenters. The van der Waals surface area contributed by atoms with Gasteiger partial charge in [0.15, 0.2) is 0 Å². The van der Waals surface area contributed by atoms with Crippen LogP contribution < -0.4 is 10.6 Å². The van der Waals surface area contributed by atoms with Gasteiger partial charge in [-0.25, -0.2) is 9.97 Å². The third-order valence-corrected chi connectivity index (χ3v) is 6.07. The zero-order valence-electron chi connectivity index (χ0n) is 17.3. The van der Waals surface area contributed by atoms with E-state index in [4.69, 9.17) is 16.0 Å². The minimum atomic E-state index is -0.800. The van der Waals surface area contributed by atoms with E-state index in [1.807, 2.05) is 55.5 Å². The second kappa shape index (κ2) is 9.60. The molecule has 0 bridgehead atoms. The van der Waals surface area contributed by atoms with Gasteiger partial charge >= 0.3 is 0 Å². The van der Waals surface area contributed by atoms with Gasteiger partial charge in [0, 0.05) is 51.0 Å². The molecule has 8 heteroatoms. The maximum atomic E-state index is 11.2. The Hall–Kier alpha value is -2.74. The van der Waals surface area contributed by atoms with Crippen molar-refractivity contribution in [2.45, 2.75) is 13.5 Å². The number of furan rings is 1. The number of hydrogen-bond acceptors (Lipinski definition) is 6. The topological polar surface area (TPSA) is 80.0 Å². The number of rotatable bonds is 8. The predicted molar refractivity (Wildman–Crippen MR) is 127 cm³/mol. The molecule has 4 rings (SSSR count). The molecule has 0 aliphatic carbocycles. The van der Waals surface area contributed by atoms with Gasteiger partial charge in [0.1, 0.15) is 23.7 Å². The normalized spacial score (nSPS) is 12.2. The molecule has 0 aliphatic heterocycles. The quantitative estimate of drug-likeness (QED) is 0.362. The van der Waals surface area contributed by atoms with Gasteiger partial charge in [-0.05, 0) is 55.0 Å². The van der Waals surface area contributed by atoms with E-state index in [0.717, 1.165) is 39.2 Å². The first-order valence-electron chi connectivity index (χ1n) is 9.87. The Morgan fingerprint density at radius 3 is 2.77 bits per heavy atom. The van der Waals surface area contributed by atoms with Gasteiger partial charge in [0.25, 0.3) is 0 Å². The number of fused-ring (bicyclic) bond motifs is 1. The Labute approximate surface area is 188 Å². The molecule has 0 amide bonds. The molecule has 0 fully saturated rings. The molecule has 0 radical (unpaired) electrons. The van der Waals surface area contributed by atoms with Crippen molar-refractivity contribution < 1.29 is 8.63 Å². The summed E-state index contributed by atoms with van der Waals surface area (Å²) in [5.74, 6) is 2.92. The van der Waals surface area contributed by atoms with Crippen molar-refractivity contribution in [1.29, 1.82) is 0 Å². The molecular weight excluding hydrogens is 432 g/mol. The van der Waals surface area contributed by atoms with Gasteiger partial charge in [0.05, 0.1) is 12.1 Å². The fourth-order valence-corrected chi connectivity index (χ4v) is 3.78. The molecule has 2 N–H and O–H groups in total. The van der Waals surface area contributed by atoms with Gasteiger partial charge < -0.3 is 15.1 Å². The maximum absolute atomic E-state index is 11.2. The molecule has 31 heavy (non-hydrogen) atoms. The van der Waals surface area contributed by atoms with Crippen molar-refractivity contribution in [3.63, 3.8) is 0 Å². The number of nitrogens with one attached hydrogen (secondary N) is 2. The highest BCUT2D eigenvalue weighted by molar-refractivity contribution is 7.84. The van der Waals surface area contributed by atoms with Crippen LogP contribution in [0.5, 0.6) is 0 Å². The highest BCUT2D eigenvalue weighted by Gasteiger charge is 2.10. The summed E-state index contributed by atoms with van der Waals surface area (Å²) in [7, 11) is -0.800. The molecule has 0 aliphatic rings. The van der Waals surface area contributed by atoms with Crippen LogP contribution in [0.15, 0.2) is 59.3 Å². The van der Waals surface area contributed by atoms with E-state index in [1.54, 1.807) is 12.6 Å². The number of hydrogen-bond donors (Lipinski definition) is 2. The summed E-state index contributed by atoms with van der Waals surface area (Å²) in [6.45, 7) is 3.25. The summed E-state index contributed by atoms with van der Waals surface area (Å²) in [6.07, 6.45) is 3.24. The van der Waals surface area contributed by atoms with Crippen molar-refractivity contribution in [2.75, 3.05) is 23.9 Å². The summed E-state index contributed by atoms with van der Waals surface area (Å²) in [6, 6.07) is 15.7. The number of aromatic nitrogens is 2. The van der Waals surface area contributed by atoms with Gasteiger partial charge in [-0.2, -0.15) is 0 Å². The van der Waals surface area contributed by atoms with E-state index in [2.05, 4.69) is 20.6 Å². The molecule has 2 aromatic carbocycles. The van der Waals surface area contributed by atoms with Gasteiger partial charge in [0.2, 0.25) is 0 Å². The number of anilines is 2. The van der Waals surface area contributed by atoms with Crippen LogP contribution >= 0.6 is 11.6 Å². The Morgan fingerprint density at radius 2 is 1.97 bits per heavy atom. The fraction of sp³-hybridized carbons (Fsp3) is 0.217. The summed E-state index contributed by atoms with van der Waals surface area (Å²) in [5, 5.41) is 8.17. The summed E-state index contributed by atoms with van der Waals surface area (Å²) in [5.41, 5.74) is 3.65. The average molecular weight is 455 g/mol. The van der Waals surface area contributed by atoms with E-state index in [9.17, 15) is 4.21 Å². The van der Waals surface area contributed by atoms with Crippen molar-refractivity contribution in [2.24, 2.45) is 0 Å². The van der Waals surface area contributed by atoms with Crippen LogP contribution in [0.4, 0.5) is 11.5 Å². The Balaban J connectivity index is 1.57. The Kier molecular flexibility index (Phi) is 6.65. The smallest absolute Gasteiger partial charge is 0.141 e. The van der Waals surface area contributed by atoms with Crippen LogP contribution in [0.1, 0.15) is 11.3 Å².